The predicted octanol–water partition coefficient (Wildman–Crippen LogP) is 2.31. The van der Waals surface area contributed by atoms with E-state index >= 15 is 0 Å². The van der Waals surface area contributed by atoms with Crippen molar-refractivity contribution in [2.75, 3.05) is 7.11 Å². The molecule has 21 heavy (non-hydrogen) atoms. The van der Waals surface area contributed by atoms with Crippen molar-refractivity contribution in [2.24, 2.45) is 0 Å². The molecule has 120 valence electrons. The maximum Gasteiger partial charge on any atom is 0.344 e. The SMILES string of the molecule is COC(=O)[C@]1(O[Si](C)(C)C)C=C[C@H]2O[C@H]2[C@H]1O[Si](C)(C)C. The van der Waals surface area contributed by atoms with E-state index in [-0.39, 0.29) is 12.2 Å². The van der Waals surface area contributed by atoms with Gasteiger partial charge in [-0.2, -0.15) is 0 Å². The van der Waals surface area contributed by atoms with E-state index < -0.39 is 34.3 Å². The molecule has 7 heteroatoms. The third kappa shape index (κ3) is 3.65. The molecule has 0 spiro atoms. The number of esters is 1. The molecule has 2 rings (SSSR count). The summed E-state index contributed by atoms with van der Waals surface area (Å²) in [5.74, 6) is -0.404. The monoisotopic (exact) mass is 330 g/mol. The molecule has 5 nitrogen and oxygen atoms in total. The summed E-state index contributed by atoms with van der Waals surface area (Å²) >= 11 is 0. The first-order chi connectivity index (χ1) is 9.48. The van der Waals surface area contributed by atoms with Crippen LogP contribution in [0.4, 0.5) is 0 Å². The van der Waals surface area contributed by atoms with Crippen LogP contribution in [-0.2, 0) is 23.1 Å². The molecule has 2 aliphatic rings. The molecule has 0 saturated carbocycles. The first-order valence-corrected chi connectivity index (χ1v) is 14.1. The average Bonchev–Trinajstić information content (AvgIpc) is 3.07. The maximum absolute atomic E-state index is 12.5. The van der Waals surface area contributed by atoms with Gasteiger partial charge in [0.1, 0.15) is 18.3 Å². The number of carbonyl (C=O) groups is 1. The molecular formula is C14H26O5Si2. The second kappa shape index (κ2) is 5.31. The second-order valence-electron chi connectivity index (χ2n) is 7.57. The number of epoxide rings is 1. The van der Waals surface area contributed by atoms with Crippen LogP contribution in [0.3, 0.4) is 0 Å². The number of fused-ring (bicyclic) bond motifs is 1. The zero-order valence-electron chi connectivity index (χ0n) is 13.9. The lowest BCUT2D eigenvalue weighted by atomic mass is 9.88. The molecule has 1 heterocycles. The Morgan fingerprint density at radius 1 is 1.14 bits per heavy atom. The van der Waals surface area contributed by atoms with Crippen molar-refractivity contribution in [1.82, 2.24) is 0 Å². The molecule has 1 aliphatic heterocycles. The van der Waals surface area contributed by atoms with Crippen LogP contribution in [-0.4, -0.2) is 53.6 Å². The van der Waals surface area contributed by atoms with Crippen LogP contribution in [0, 0.1) is 0 Å². The third-order valence-corrected chi connectivity index (χ3v) is 5.19. The Labute approximate surface area is 128 Å². The van der Waals surface area contributed by atoms with Crippen molar-refractivity contribution in [3.05, 3.63) is 12.2 Å². The van der Waals surface area contributed by atoms with Gasteiger partial charge in [0, 0.05) is 0 Å². The molecule has 0 radical (unpaired) electrons. The van der Waals surface area contributed by atoms with Crippen molar-refractivity contribution >= 4 is 22.6 Å². The van der Waals surface area contributed by atoms with Gasteiger partial charge in [-0.15, -0.1) is 0 Å². The quantitative estimate of drug-likeness (QED) is 0.335. The molecule has 0 N–H and O–H groups in total. The van der Waals surface area contributed by atoms with Crippen LogP contribution in [0.5, 0.6) is 0 Å². The normalized spacial score (nSPS) is 35.3. The van der Waals surface area contributed by atoms with E-state index in [0.29, 0.717) is 0 Å². The van der Waals surface area contributed by atoms with Crippen LogP contribution in [0.1, 0.15) is 0 Å². The maximum atomic E-state index is 12.5. The molecule has 0 aromatic rings. The highest BCUT2D eigenvalue weighted by Gasteiger charge is 2.62. The van der Waals surface area contributed by atoms with Gasteiger partial charge in [0.25, 0.3) is 0 Å². The molecule has 1 fully saturated rings. The average molecular weight is 331 g/mol. The molecule has 0 unspecified atom stereocenters. The van der Waals surface area contributed by atoms with Gasteiger partial charge in [0.2, 0.25) is 5.60 Å². The Kier molecular flexibility index (Phi) is 4.27. The summed E-state index contributed by atoms with van der Waals surface area (Å²) in [6, 6.07) is 0. The van der Waals surface area contributed by atoms with E-state index in [1.54, 1.807) is 6.08 Å². The fraction of sp³-hybridized carbons (Fsp3) is 0.786. The summed E-state index contributed by atoms with van der Waals surface area (Å²) in [6.45, 7) is 12.4. The Hall–Kier alpha value is -0.476. The number of rotatable bonds is 5. The first-order valence-electron chi connectivity index (χ1n) is 7.30. The fourth-order valence-corrected chi connectivity index (χ4v) is 4.98. The van der Waals surface area contributed by atoms with Crippen LogP contribution in [0.2, 0.25) is 39.3 Å². The summed E-state index contributed by atoms with van der Waals surface area (Å²) in [6.07, 6.45) is 3.17. The number of ether oxygens (including phenoxy) is 2. The van der Waals surface area contributed by atoms with Gasteiger partial charge in [0.05, 0.1) is 7.11 Å². The lowest BCUT2D eigenvalue weighted by molar-refractivity contribution is -0.164. The lowest BCUT2D eigenvalue weighted by Crippen LogP contribution is -2.61. The fourth-order valence-electron chi connectivity index (χ4n) is 2.63. The van der Waals surface area contributed by atoms with Gasteiger partial charge in [-0.3, -0.25) is 0 Å². The van der Waals surface area contributed by atoms with Crippen LogP contribution < -0.4 is 0 Å². The minimum absolute atomic E-state index is 0.0365. The summed E-state index contributed by atoms with van der Waals surface area (Å²) in [4.78, 5) is 12.5. The molecule has 1 aliphatic carbocycles. The van der Waals surface area contributed by atoms with Crippen molar-refractivity contribution in [2.45, 2.75) is 63.2 Å². The van der Waals surface area contributed by atoms with Crippen molar-refractivity contribution in [3.63, 3.8) is 0 Å². The molecule has 0 aromatic heterocycles. The van der Waals surface area contributed by atoms with Gasteiger partial charge in [-0.1, -0.05) is 6.08 Å². The minimum Gasteiger partial charge on any atom is -0.467 e. The second-order valence-corrected chi connectivity index (χ2v) is 16.5. The smallest absolute Gasteiger partial charge is 0.344 e. The van der Waals surface area contributed by atoms with Gasteiger partial charge >= 0.3 is 5.97 Å². The number of carbonyl (C=O) groups excluding carboxylic acids is 1. The van der Waals surface area contributed by atoms with Gasteiger partial charge in [0.15, 0.2) is 16.6 Å². The van der Waals surface area contributed by atoms with Crippen LogP contribution >= 0.6 is 0 Å². The van der Waals surface area contributed by atoms with E-state index in [2.05, 4.69) is 39.3 Å². The van der Waals surface area contributed by atoms with E-state index in [1.807, 2.05) is 6.08 Å². The van der Waals surface area contributed by atoms with Crippen LogP contribution in [0.25, 0.3) is 0 Å². The Morgan fingerprint density at radius 3 is 2.24 bits per heavy atom. The highest BCUT2D eigenvalue weighted by Crippen LogP contribution is 2.43. The zero-order chi connectivity index (χ0) is 16.1. The summed E-state index contributed by atoms with van der Waals surface area (Å²) in [7, 11) is -2.48. The highest BCUT2D eigenvalue weighted by atomic mass is 28.4. The van der Waals surface area contributed by atoms with Gasteiger partial charge < -0.3 is 18.3 Å². The summed E-state index contributed by atoms with van der Waals surface area (Å²) < 4.78 is 23.2. The van der Waals surface area contributed by atoms with E-state index in [1.165, 1.54) is 7.11 Å². The van der Waals surface area contributed by atoms with Crippen molar-refractivity contribution in [3.8, 4) is 0 Å². The van der Waals surface area contributed by atoms with Gasteiger partial charge in [-0.05, 0) is 45.4 Å². The zero-order valence-corrected chi connectivity index (χ0v) is 15.9. The first kappa shape index (κ1) is 16.9. The molecule has 1 saturated heterocycles. The van der Waals surface area contributed by atoms with Gasteiger partial charge in [-0.25, -0.2) is 4.79 Å². The molecular weight excluding hydrogens is 304 g/mol. The molecule has 0 amide bonds. The Bertz CT molecular complexity index is 451. The Morgan fingerprint density at radius 2 is 1.76 bits per heavy atom. The Balaban J connectivity index is 2.41. The predicted molar refractivity (Wildman–Crippen MR) is 85.2 cm³/mol. The highest BCUT2D eigenvalue weighted by molar-refractivity contribution is 6.70. The molecule has 0 bridgehead atoms. The summed E-state index contributed by atoms with van der Waals surface area (Å²) in [5, 5.41) is 0. The molecule has 0 aromatic carbocycles. The standard InChI is InChI=1S/C14H26O5Si2/c1-16-13(15)14(19-21(5,6)7)9-8-10-11(17-10)12(14)18-20(2,3)4/h8-12H,1-7H3/t10-,11-,12-,14+/m1/s1. The van der Waals surface area contributed by atoms with E-state index in [4.69, 9.17) is 18.3 Å². The number of hydrogen-bond acceptors (Lipinski definition) is 5. The largest absolute Gasteiger partial charge is 0.467 e. The number of methoxy groups -OCH3 is 1. The van der Waals surface area contributed by atoms with E-state index in [0.717, 1.165) is 0 Å². The van der Waals surface area contributed by atoms with E-state index in [9.17, 15) is 4.79 Å². The lowest BCUT2D eigenvalue weighted by Gasteiger charge is -2.42. The third-order valence-electron chi connectivity index (χ3n) is 3.28. The summed E-state index contributed by atoms with van der Waals surface area (Å²) in [5.41, 5.74) is -1.18. The van der Waals surface area contributed by atoms with Crippen molar-refractivity contribution in [1.29, 1.82) is 0 Å². The topological polar surface area (TPSA) is 57.3 Å². The van der Waals surface area contributed by atoms with Crippen LogP contribution in [0.15, 0.2) is 12.2 Å². The minimum atomic E-state index is -2.00. The molecule has 4 atom stereocenters. The number of hydrogen-bond donors (Lipinski definition) is 0. The van der Waals surface area contributed by atoms with Crippen molar-refractivity contribution < 1.29 is 23.1 Å².